The number of thiophene rings is 1. The van der Waals surface area contributed by atoms with E-state index >= 15 is 0 Å². The molecule has 0 fully saturated rings. The summed E-state index contributed by atoms with van der Waals surface area (Å²) in [5.74, 6) is 0.439. The zero-order valence-electron chi connectivity index (χ0n) is 16.8. The van der Waals surface area contributed by atoms with Crippen LogP contribution in [-0.4, -0.2) is 29.7 Å². The minimum Gasteiger partial charge on any atom is -0.495 e. The predicted octanol–water partition coefficient (Wildman–Crippen LogP) is 4.04. The highest BCUT2D eigenvalue weighted by Gasteiger charge is 2.20. The van der Waals surface area contributed by atoms with Crippen molar-refractivity contribution in [3.05, 3.63) is 44.3 Å². The fourth-order valence-electron chi connectivity index (χ4n) is 3.77. The van der Waals surface area contributed by atoms with Gasteiger partial charge in [-0.1, -0.05) is 18.0 Å². The lowest BCUT2D eigenvalue weighted by Crippen LogP contribution is -2.28. The van der Waals surface area contributed by atoms with Crippen LogP contribution in [-0.2, 0) is 24.2 Å². The standard InChI is InChI=1S/C21H22ClN3O4S/c1-28-15-9-14(16(29-2)8-13(15)22)24-18(26)10-25-11-23-20-19(21(25)27)12-6-4-3-5-7-17(12)30-20/h8-9,11H,3-7,10H2,1-2H3,(H,24,26). The number of carbonyl (C=O) groups is 1. The lowest BCUT2D eigenvalue weighted by atomic mass is 10.1. The summed E-state index contributed by atoms with van der Waals surface area (Å²) in [7, 11) is 2.97. The zero-order valence-corrected chi connectivity index (χ0v) is 18.4. The van der Waals surface area contributed by atoms with E-state index in [1.807, 2.05) is 0 Å². The number of amides is 1. The van der Waals surface area contributed by atoms with Crippen LogP contribution in [0.4, 0.5) is 5.69 Å². The summed E-state index contributed by atoms with van der Waals surface area (Å²) in [5, 5.41) is 3.80. The summed E-state index contributed by atoms with van der Waals surface area (Å²) in [5.41, 5.74) is 1.36. The van der Waals surface area contributed by atoms with Crippen molar-refractivity contribution in [1.29, 1.82) is 0 Å². The minimum atomic E-state index is -0.373. The Balaban J connectivity index is 1.62. The SMILES string of the molecule is COc1cc(NC(=O)Cn2cnc3sc4c(c3c2=O)CCCCC4)c(OC)cc1Cl. The zero-order chi connectivity index (χ0) is 21.3. The number of hydrogen-bond acceptors (Lipinski definition) is 6. The van der Waals surface area contributed by atoms with Gasteiger partial charge in [0.1, 0.15) is 22.9 Å². The van der Waals surface area contributed by atoms with E-state index in [1.165, 1.54) is 36.4 Å². The second-order valence-electron chi connectivity index (χ2n) is 7.16. The number of fused-ring (bicyclic) bond motifs is 3. The number of ether oxygens (including phenoxy) is 2. The Morgan fingerprint density at radius 2 is 1.97 bits per heavy atom. The molecule has 0 saturated carbocycles. The Morgan fingerprint density at radius 3 is 2.73 bits per heavy atom. The van der Waals surface area contributed by atoms with Gasteiger partial charge in [0.15, 0.2) is 0 Å². The van der Waals surface area contributed by atoms with Gasteiger partial charge in [0.25, 0.3) is 5.56 Å². The van der Waals surface area contributed by atoms with Gasteiger partial charge in [-0.15, -0.1) is 11.3 Å². The van der Waals surface area contributed by atoms with Crippen LogP contribution >= 0.6 is 22.9 Å². The average molecular weight is 448 g/mol. The summed E-state index contributed by atoms with van der Waals surface area (Å²) in [6.07, 6.45) is 6.72. The first-order chi connectivity index (χ1) is 14.5. The lowest BCUT2D eigenvalue weighted by Gasteiger charge is -2.13. The van der Waals surface area contributed by atoms with Crippen LogP contribution in [0.3, 0.4) is 0 Å². The third kappa shape index (κ3) is 3.89. The number of hydrogen-bond donors (Lipinski definition) is 1. The van der Waals surface area contributed by atoms with E-state index in [1.54, 1.807) is 23.5 Å². The van der Waals surface area contributed by atoms with E-state index in [2.05, 4.69) is 10.3 Å². The molecule has 0 saturated heterocycles. The second-order valence-corrected chi connectivity index (χ2v) is 8.65. The van der Waals surface area contributed by atoms with Gasteiger partial charge in [-0.25, -0.2) is 4.98 Å². The van der Waals surface area contributed by atoms with Gasteiger partial charge in [0, 0.05) is 17.0 Å². The summed E-state index contributed by atoms with van der Waals surface area (Å²) < 4.78 is 11.8. The maximum Gasteiger partial charge on any atom is 0.262 e. The molecule has 2 aromatic heterocycles. The van der Waals surface area contributed by atoms with Crippen molar-refractivity contribution in [2.45, 2.75) is 38.6 Å². The quantitative estimate of drug-likeness (QED) is 0.597. The fraction of sp³-hybridized carbons (Fsp3) is 0.381. The predicted molar refractivity (Wildman–Crippen MR) is 118 cm³/mol. The largest absolute Gasteiger partial charge is 0.495 e. The highest BCUT2D eigenvalue weighted by molar-refractivity contribution is 7.18. The van der Waals surface area contributed by atoms with Crippen molar-refractivity contribution in [2.24, 2.45) is 0 Å². The Bertz CT molecular complexity index is 1170. The number of carbonyl (C=O) groups excluding carboxylic acids is 1. The van der Waals surface area contributed by atoms with Crippen molar-refractivity contribution in [1.82, 2.24) is 9.55 Å². The fourth-order valence-corrected chi connectivity index (χ4v) is 5.22. The van der Waals surface area contributed by atoms with Crippen LogP contribution < -0.4 is 20.3 Å². The normalized spacial score (nSPS) is 13.6. The highest BCUT2D eigenvalue weighted by Crippen LogP contribution is 2.36. The molecule has 0 atom stereocenters. The number of benzene rings is 1. The molecule has 1 aliphatic rings. The topological polar surface area (TPSA) is 82.5 Å². The number of nitrogens with zero attached hydrogens (tertiary/aromatic N) is 2. The van der Waals surface area contributed by atoms with E-state index in [4.69, 9.17) is 21.1 Å². The molecule has 3 aromatic rings. The van der Waals surface area contributed by atoms with Gasteiger partial charge in [0.2, 0.25) is 5.91 Å². The van der Waals surface area contributed by atoms with Crippen molar-refractivity contribution in [2.75, 3.05) is 19.5 Å². The van der Waals surface area contributed by atoms with Gasteiger partial charge in [0.05, 0.1) is 36.6 Å². The molecule has 0 spiro atoms. The lowest BCUT2D eigenvalue weighted by molar-refractivity contribution is -0.116. The molecular weight excluding hydrogens is 426 g/mol. The summed E-state index contributed by atoms with van der Waals surface area (Å²) in [6, 6.07) is 3.15. The second kappa shape index (κ2) is 8.65. The van der Waals surface area contributed by atoms with E-state index in [-0.39, 0.29) is 18.0 Å². The molecule has 1 N–H and O–H groups in total. The molecule has 1 aromatic carbocycles. The Kier molecular flexibility index (Phi) is 5.97. The molecular formula is C21H22ClN3O4S. The molecule has 7 nitrogen and oxygen atoms in total. The molecule has 0 bridgehead atoms. The van der Waals surface area contributed by atoms with Gasteiger partial charge in [-0.2, -0.15) is 0 Å². The molecule has 0 aliphatic heterocycles. The monoisotopic (exact) mass is 447 g/mol. The molecule has 30 heavy (non-hydrogen) atoms. The van der Waals surface area contributed by atoms with Crippen LogP contribution in [0.15, 0.2) is 23.3 Å². The van der Waals surface area contributed by atoms with Crippen LogP contribution in [0.25, 0.3) is 10.2 Å². The first-order valence-electron chi connectivity index (χ1n) is 9.73. The molecule has 9 heteroatoms. The molecule has 0 unspecified atom stereocenters. The third-order valence-electron chi connectivity index (χ3n) is 5.25. The molecule has 0 radical (unpaired) electrons. The van der Waals surface area contributed by atoms with Crippen molar-refractivity contribution in [3.8, 4) is 11.5 Å². The number of rotatable bonds is 5. The van der Waals surface area contributed by atoms with Crippen molar-refractivity contribution in [3.63, 3.8) is 0 Å². The van der Waals surface area contributed by atoms with E-state index < -0.39 is 0 Å². The maximum atomic E-state index is 13.1. The first-order valence-corrected chi connectivity index (χ1v) is 10.9. The highest BCUT2D eigenvalue weighted by atomic mass is 35.5. The molecule has 4 rings (SSSR count). The maximum absolute atomic E-state index is 13.1. The minimum absolute atomic E-state index is 0.152. The molecule has 1 aliphatic carbocycles. The van der Waals surface area contributed by atoms with Crippen LogP contribution in [0.5, 0.6) is 11.5 Å². The van der Waals surface area contributed by atoms with Gasteiger partial charge in [-0.3, -0.25) is 14.2 Å². The van der Waals surface area contributed by atoms with E-state index in [0.717, 1.165) is 36.1 Å². The first kappa shape index (κ1) is 20.7. The number of aromatic nitrogens is 2. The van der Waals surface area contributed by atoms with E-state index in [0.29, 0.717) is 27.6 Å². The van der Waals surface area contributed by atoms with E-state index in [9.17, 15) is 9.59 Å². The Hall–Kier alpha value is -2.58. The molecule has 158 valence electrons. The van der Waals surface area contributed by atoms with Gasteiger partial charge in [-0.05, 0) is 31.2 Å². The van der Waals surface area contributed by atoms with Crippen LogP contribution in [0.1, 0.15) is 29.7 Å². The Morgan fingerprint density at radius 1 is 1.20 bits per heavy atom. The number of nitrogens with one attached hydrogen (secondary N) is 1. The van der Waals surface area contributed by atoms with Crippen molar-refractivity contribution >= 4 is 44.7 Å². The van der Waals surface area contributed by atoms with Gasteiger partial charge >= 0.3 is 0 Å². The molecule has 1 amide bonds. The van der Waals surface area contributed by atoms with Crippen molar-refractivity contribution < 1.29 is 14.3 Å². The average Bonchev–Trinajstić information content (AvgIpc) is 2.93. The number of halogens is 1. The molecule has 2 heterocycles. The number of methoxy groups -OCH3 is 2. The summed E-state index contributed by atoms with van der Waals surface area (Å²) in [4.78, 5) is 32.3. The van der Waals surface area contributed by atoms with Crippen LogP contribution in [0, 0.1) is 0 Å². The van der Waals surface area contributed by atoms with Crippen LogP contribution in [0.2, 0.25) is 5.02 Å². The summed E-state index contributed by atoms with van der Waals surface area (Å²) >= 11 is 7.71. The third-order valence-corrected chi connectivity index (χ3v) is 6.75. The smallest absolute Gasteiger partial charge is 0.262 e. The summed E-state index contributed by atoms with van der Waals surface area (Å²) in [6.45, 7) is -0.152. The Labute approximate surface area is 182 Å². The number of aryl methyl sites for hydroxylation is 2. The number of anilines is 1. The van der Waals surface area contributed by atoms with Gasteiger partial charge < -0.3 is 14.8 Å².